The van der Waals surface area contributed by atoms with Crippen LogP contribution in [0.15, 0.2) is 66.1 Å². The third-order valence-corrected chi connectivity index (χ3v) is 5.31. The summed E-state index contributed by atoms with van der Waals surface area (Å²) >= 11 is 12.6. The van der Waals surface area contributed by atoms with Gasteiger partial charge in [0, 0.05) is 26.4 Å². The van der Waals surface area contributed by atoms with Crippen LogP contribution in [0.5, 0.6) is 5.75 Å². The van der Waals surface area contributed by atoms with Crippen LogP contribution in [0.4, 0.5) is 0 Å². The molecule has 4 nitrogen and oxygen atoms in total. The second-order valence-corrected chi connectivity index (χ2v) is 7.25. The standard InChI is InChI=1S/C22H17Cl2NO3/c1-2-27-22(26)19-18(12-7-9-13(23)10-8-12)16-11-17(24)14-5-3-4-6-15(14)20(16)28-21(19)25/h3-11,18H,2,25H2,1H3. The summed E-state index contributed by atoms with van der Waals surface area (Å²) in [4.78, 5) is 12.7. The van der Waals surface area contributed by atoms with Crippen molar-refractivity contribution in [3.8, 4) is 5.75 Å². The first-order valence-corrected chi connectivity index (χ1v) is 9.58. The van der Waals surface area contributed by atoms with Gasteiger partial charge in [-0.25, -0.2) is 4.79 Å². The minimum atomic E-state index is -0.519. The second-order valence-electron chi connectivity index (χ2n) is 6.41. The van der Waals surface area contributed by atoms with Gasteiger partial charge in [-0.3, -0.25) is 0 Å². The van der Waals surface area contributed by atoms with Crippen molar-refractivity contribution in [2.45, 2.75) is 12.8 Å². The van der Waals surface area contributed by atoms with E-state index in [1.165, 1.54) is 0 Å². The van der Waals surface area contributed by atoms with Crippen molar-refractivity contribution in [3.63, 3.8) is 0 Å². The molecule has 6 heteroatoms. The zero-order valence-corrected chi connectivity index (χ0v) is 16.6. The van der Waals surface area contributed by atoms with Gasteiger partial charge in [0.1, 0.15) is 11.3 Å². The van der Waals surface area contributed by atoms with E-state index in [9.17, 15) is 4.79 Å². The zero-order chi connectivity index (χ0) is 19.8. The van der Waals surface area contributed by atoms with Crippen molar-refractivity contribution >= 4 is 39.9 Å². The monoisotopic (exact) mass is 413 g/mol. The highest BCUT2D eigenvalue weighted by atomic mass is 35.5. The summed E-state index contributed by atoms with van der Waals surface area (Å²) in [6, 6.07) is 16.7. The lowest BCUT2D eigenvalue weighted by molar-refractivity contribution is -0.139. The molecule has 1 aliphatic rings. The van der Waals surface area contributed by atoms with Crippen molar-refractivity contribution in [3.05, 3.63) is 87.2 Å². The molecule has 0 bridgehead atoms. The third-order valence-electron chi connectivity index (χ3n) is 4.75. The number of ether oxygens (including phenoxy) is 2. The first-order chi connectivity index (χ1) is 13.5. The molecule has 0 fully saturated rings. The highest BCUT2D eigenvalue weighted by Gasteiger charge is 2.36. The van der Waals surface area contributed by atoms with Gasteiger partial charge in [-0.15, -0.1) is 0 Å². The van der Waals surface area contributed by atoms with Gasteiger partial charge in [0.25, 0.3) is 0 Å². The Morgan fingerprint density at radius 1 is 1.11 bits per heavy atom. The molecule has 28 heavy (non-hydrogen) atoms. The minimum Gasteiger partial charge on any atom is -0.462 e. The minimum absolute atomic E-state index is 0.0263. The number of nitrogens with two attached hydrogens (primary N) is 1. The summed E-state index contributed by atoms with van der Waals surface area (Å²) < 4.78 is 11.2. The lowest BCUT2D eigenvalue weighted by atomic mass is 9.82. The molecule has 1 heterocycles. The Balaban J connectivity index is 2.01. The maximum Gasteiger partial charge on any atom is 0.340 e. The normalized spacial score (nSPS) is 15.9. The molecule has 1 aliphatic heterocycles. The summed E-state index contributed by atoms with van der Waals surface area (Å²) in [5, 5.41) is 2.85. The van der Waals surface area contributed by atoms with Crippen LogP contribution in [-0.2, 0) is 9.53 Å². The van der Waals surface area contributed by atoms with E-state index >= 15 is 0 Å². The highest BCUT2D eigenvalue weighted by molar-refractivity contribution is 6.36. The van der Waals surface area contributed by atoms with E-state index in [2.05, 4.69) is 0 Å². The van der Waals surface area contributed by atoms with Crippen LogP contribution >= 0.6 is 23.2 Å². The van der Waals surface area contributed by atoms with Crippen LogP contribution in [0.25, 0.3) is 10.8 Å². The van der Waals surface area contributed by atoms with Crippen LogP contribution in [0.3, 0.4) is 0 Å². The molecule has 142 valence electrons. The fraction of sp³-hybridized carbons (Fsp3) is 0.136. The summed E-state index contributed by atoms with van der Waals surface area (Å²) in [5.74, 6) is -0.388. The second kappa shape index (κ2) is 7.38. The summed E-state index contributed by atoms with van der Waals surface area (Å²) in [6.07, 6.45) is 0. The first kappa shape index (κ1) is 18.7. The van der Waals surface area contributed by atoms with Gasteiger partial charge in [-0.05, 0) is 30.7 Å². The molecule has 0 radical (unpaired) electrons. The quantitative estimate of drug-likeness (QED) is 0.583. The lowest BCUT2D eigenvalue weighted by Gasteiger charge is -2.29. The largest absolute Gasteiger partial charge is 0.462 e. The van der Waals surface area contributed by atoms with Gasteiger partial charge in [-0.2, -0.15) is 0 Å². The molecule has 0 spiro atoms. The average molecular weight is 414 g/mol. The predicted octanol–water partition coefficient (Wildman–Crippen LogP) is 5.40. The van der Waals surface area contributed by atoms with Gasteiger partial charge >= 0.3 is 5.97 Å². The molecule has 1 atom stereocenters. The summed E-state index contributed by atoms with van der Waals surface area (Å²) in [7, 11) is 0. The Hall–Kier alpha value is -2.69. The van der Waals surface area contributed by atoms with E-state index in [0.717, 1.165) is 21.9 Å². The molecule has 3 aromatic rings. The number of hydrogen-bond donors (Lipinski definition) is 1. The fourth-order valence-electron chi connectivity index (χ4n) is 3.54. The molecule has 1 unspecified atom stereocenters. The van der Waals surface area contributed by atoms with Gasteiger partial charge in [0.05, 0.1) is 12.5 Å². The molecule has 0 saturated heterocycles. The predicted molar refractivity (Wildman–Crippen MR) is 111 cm³/mol. The van der Waals surface area contributed by atoms with Crippen LogP contribution in [0.2, 0.25) is 10.0 Å². The van der Waals surface area contributed by atoms with Gasteiger partial charge < -0.3 is 15.2 Å². The third kappa shape index (κ3) is 3.09. The number of benzene rings is 3. The van der Waals surface area contributed by atoms with E-state index in [1.807, 2.05) is 42.5 Å². The summed E-state index contributed by atoms with van der Waals surface area (Å²) in [6.45, 7) is 1.97. The SMILES string of the molecule is CCOC(=O)C1=C(N)Oc2c(cc(Cl)c3ccccc23)C1c1ccc(Cl)cc1. The van der Waals surface area contributed by atoms with Crippen LogP contribution in [0, 0.1) is 0 Å². The Labute approximate surface area is 172 Å². The van der Waals surface area contributed by atoms with E-state index in [4.69, 9.17) is 38.4 Å². The van der Waals surface area contributed by atoms with Crippen molar-refractivity contribution in [1.82, 2.24) is 0 Å². The number of carbonyl (C=O) groups is 1. The smallest absolute Gasteiger partial charge is 0.340 e. The van der Waals surface area contributed by atoms with Crippen LogP contribution in [0.1, 0.15) is 24.0 Å². The molecule has 3 aromatic carbocycles. The molecular formula is C22H17Cl2NO3. The van der Waals surface area contributed by atoms with Crippen molar-refractivity contribution in [2.75, 3.05) is 6.61 Å². The number of carbonyl (C=O) groups excluding carboxylic acids is 1. The average Bonchev–Trinajstić information content (AvgIpc) is 2.69. The van der Waals surface area contributed by atoms with E-state index < -0.39 is 11.9 Å². The number of rotatable bonds is 3. The Morgan fingerprint density at radius 3 is 2.46 bits per heavy atom. The molecular weight excluding hydrogens is 397 g/mol. The van der Waals surface area contributed by atoms with Gasteiger partial charge in [0.2, 0.25) is 5.88 Å². The van der Waals surface area contributed by atoms with Crippen molar-refractivity contribution < 1.29 is 14.3 Å². The maximum atomic E-state index is 12.7. The Bertz CT molecular complexity index is 1110. The van der Waals surface area contributed by atoms with Crippen LogP contribution < -0.4 is 10.5 Å². The zero-order valence-electron chi connectivity index (χ0n) is 15.0. The van der Waals surface area contributed by atoms with Gasteiger partial charge in [-0.1, -0.05) is 59.6 Å². The van der Waals surface area contributed by atoms with Crippen molar-refractivity contribution in [1.29, 1.82) is 0 Å². The molecule has 4 rings (SSSR count). The molecule has 0 aromatic heterocycles. The van der Waals surface area contributed by atoms with Crippen molar-refractivity contribution in [2.24, 2.45) is 5.73 Å². The number of hydrogen-bond acceptors (Lipinski definition) is 4. The molecule has 2 N–H and O–H groups in total. The number of halogens is 2. The van der Waals surface area contributed by atoms with E-state index in [1.54, 1.807) is 19.1 Å². The Kier molecular flexibility index (Phi) is 4.92. The lowest BCUT2D eigenvalue weighted by Crippen LogP contribution is -2.27. The highest BCUT2D eigenvalue weighted by Crippen LogP contribution is 2.47. The number of fused-ring (bicyclic) bond motifs is 3. The first-order valence-electron chi connectivity index (χ1n) is 8.82. The topological polar surface area (TPSA) is 61.5 Å². The molecule has 0 aliphatic carbocycles. The maximum absolute atomic E-state index is 12.7. The number of esters is 1. The van der Waals surface area contributed by atoms with Gasteiger partial charge in [0.15, 0.2) is 0 Å². The molecule has 0 saturated carbocycles. The fourth-order valence-corrected chi connectivity index (χ4v) is 3.95. The Morgan fingerprint density at radius 2 is 1.79 bits per heavy atom. The van der Waals surface area contributed by atoms with E-state index in [-0.39, 0.29) is 18.1 Å². The molecule has 0 amide bonds. The van der Waals surface area contributed by atoms with Crippen LogP contribution in [-0.4, -0.2) is 12.6 Å². The summed E-state index contributed by atoms with van der Waals surface area (Å²) in [5.41, 5.74) is 8.05. The van der Waals surface area contributed by atoms with E-state index in [0.29, 0.717) is 15.8 Å².